The van der Waals surface area contributed by atoms with Crippen LogP contribution >= 0.6 is 0 Å². The van der Waals surface area contributed by atoms with Gasteiger partial charge < -0.3 is 15.3 Å². The highest BCUT2D eigenvalue weighted by molar-refractivity contribution is 5.90. The molecule has 1 saturated heterocycles. The van der Waals surface area contributed by atoms with E-state index >= 15 is 0 Å². The topological polar surface area (TPSA) is 52.6 Å². The number of aromatic carboxylic acids is 1. The third kappa shape index (κ3) is 2.98. The maximum Gasteiger partial charge on any atom is 0.417 e. The van der Waals surface area contributed by atoms with Crippen LogP contribution in [0.4, 0.5) is 18.9 Å². The monoisotopic (exact) mass is 274 g/mol. The molecule has 2 N–H and O–H groups in total. The van der Waals surface area contributed by atoms with Gasteiger partial charge in [-0.3, -0.25) is 0 Å². The second-order valence-electron chi connectivity index (χ2n) is 4.27. The van der Waals surface area contributed by atoms with Gasteiger partial charge in [0, 0.05) is 31.9 Å². The molecule has 0 saturated carbocycles. The van der Waals surface area contributed by atoms with E-state index in [1.54, 1.807) is 4.90 Å². The summed E-state index contributed by atoms with van der Waals surface area (Å²) in [5, 5.41) is 11.9. The first-order chi connectivity index (χ1) is 8.89. The average Bonchev–Trinajstić information content (AvgIpc) is 2.38. The van der Waals surface area contributed by atoms with Crippen molar-refractivity contribution in [3.8, 4) is 0 Å². The summed E-state index contributed by atoms with van der Waals surface area (Å²) in [5.74, 6) is -1.57. The molecule has 0 radical (unpaired) electrons. The molecule has 0 aromatic heterocycles. The zero-order chi connectivity index (χ0) is 14.0. The van der Waals surface area contributed by atoms with Gasteiger partial charge in [0.1, 0.15) is 0 Å². The number of carboxylic acid groups (broad SMARTS) is 1. The molecule has 0 unspecified atom stereocenters. The van der Waals surface area contributed by atoms with Gasteiger partial charge in [0.25, 0.3) is 0 Å². The highest BCUT2D eigenvalue weighted by Crippen LogP contribution is 2.34. The fraction of sp³-hybridized carbons (Fsp3) is 0.417. The van der Waals surface area contributed by atoms with E-state index in [0.29, 0.717) is 31.9 Å². The summed E-state index contributed by atoms with van der Waals surface area (Å²) in [6, 6.07) is 3.35. The number of carbonyl (C=O) groups is 1. The molecule has 0 bridgehead atoms. The predicted molar refractivity (Wildman–Crippen MR) is 63.5 cm³/mol. The van der Waals surface area contributed by atoms with Crippen LogP contribution in [-0.2, 0) is 6.18 Å². The number of carboxylic acids is 1. The number of benzene rings is 1. The lowest BCUT2D eigenvalue weighted by Crippen LogP contribution is -2.43. The zero-order valence-electron chi connectivity index (χ0n) is 10.00. The van der Waals surface area contributed by atoms with Gasteiger partial charge in [0.2, 0.25) is 0 Å². The Morgan fingerprint density at radius 2 is 1.89 bits per heavy atom. The molecule has 1 aromatic carbocycles. The molecule has 1 aromatic rings. The number of nitrogens with zero attached hydrogens (tertiary/aromatic N) is 1. The molecule has 1 aliphatic rings. The first-order valence-corrected chi connectivity index (χ1v) is 5.80. The highest BCUT2D eigenvalue weighted by Gasteiger charge is 2.36. The molecule has 2 rings (SSSR count). The molecule has 19 heavy (non-hydrogen) atoms. The molecule has 0 amide bonds. The molecule has 0 spiro atoms. The van der Waals surface area contributed by atoms with E-state index in [1.165, 1.54) is 6.07 Å². The molecule has 1 fully saturated rings. The standard InChI is InChI=1S/C12H13F3N2O2/c13-12(14,15)10-7-8(1-2-9(10)11(18)19)17-5-3-16-4-6-17/h1-2,7,16H,3-6H2,(H,18,19). The maximum atomic E-state index is 12.9. The van der Waals surface area contributed by atoms with Crippen molar-refractivity contribution in [2.45, 2.75) is 6.18 Å². The van der Waals surface area contributed by atoms with Gasteiger partial charge in [0.05, 0.1) is 11.1 Å². The van der Waals surface area contributed by atoms with Gasteiger partial charge in [-0.2, -0.15) is 13.2 Å². The van der Waals surface area contributed by atoms with Crippen molar-refractivity contribution in [2.75, 3.05) is 31.1 Å². The second-order valence-corrected chi connectivity index (χ2v) is 4.27. The Morgan fingerprint density at radius 1 is 1.26 bits per heavy atom. The second kappa shape index (κ2) is 5.08. The zero-order valence-corrected chi connectivity index (χ0v) is 10.00. The lowest BCUT2D eigenvalue weighted by Gasteiger charge is -2.30. The van der Waals surface area contributed by atoms with Crippen LogP contribution in [0.3, 0.4) is 0 Å². The minimum atomic E-state index is -4.67. The number of alkyl halides is 3. The van der Waals surface area contributed by atoms with Crippen molar-refractivity contribution in [1.29, 1.82) is 0 Å². The van der Waals surface area contributed by atoms with Crippen molar-refractivity contribution < 1.29 is 23.1 Å². The Bertz CT molecular complexity index is 482. The van der Waals surface area contributed by atoms with E-state index in [1.807, 2.05) is 0 Å². The van der Waals surface area contributed by atoms with E-state index in [9.17, 15) is 18.0 Å². The molecule has 1 aliphatic heterocycles. The summed E-state index contributed by atoms with van der Waals surface area (Å²) in [7, 11) is 0. The summed E-state index contributed by atoms with van der Waals surface area (Å²) in [4.78, 5) is 12.6. The Hall–Kier alpha value is -1.76. The third-order valence-corrected chi connectivity index (χ3v) is 3.02. The summed E-state index contributed by atoms with van der Waals surface area (Å²) < 4.78 is 38.6. The van der Waals surface area contributed by atoms with E-state index < -0.39 is 23.3 Å². The molecule has 4 nitrogen and oxygen atoms in total. The van der Waals surface area contributed by atoms with Crippen LogP contribution in [0.15, 0.2) is 18.2 Å². The number of halogens is 3. The first-order valence-electron chi connectivity index (χ1n) is 5.80. The fourth-order valence-corrected chi connectivity index (χ4v) is 2.07. The molecular formula is C12H13F3N2O2. The minimum absolute atomic E-state index is 0.402. The Labute approximate surface area is 107 Å². The van der Waals surface area contributed by atoms with Crippen molar-refractivity contribution in [3.05, 3.63) is 29.3 Å². The van der Waals surface area contributed by atoms with Crippen molar-refractivity contribution in [1.82, 2.24) is 5.32 Å². The van der Waals surface area contributed by atoms with Crippen LogP contribution in [0.25, 0.3) is 0 Å². The van der Waals surface area contributed by atoms with Gasteiger partial charge in [-0.05, 0) is 18.2 Å². The van der Waals surface area contributed by atoms with E-state index in [-0.39, 0.29) is 0 Å². The van der Waals surface area contributed by atoms with E-state index in [4.69, 9.17) is 5.11 Å². The Morgan fingerprint density at radius 3 is 2.42 bits per heavy atom. The molecule has 0 atom stereocenters. The maximum absolute atomic E-state index is 12.9. The van der Waals surface area contributed by atoms with E-state index in [2.05, 4.69) is 5.32 Å². The van der Waals surface area contributed by atoms with Crippen LogP contribution in [0, 0.1) is 0 Å². The Balaban J connectivity index is 2.40. The predicted octanol–water partition coefficient (Wildman–Crippen LogP) is 1.81. The fourth-order valence-electron chi connectivity index (χ4n) is 2.07. The minimum Gasteiger partial charge on any atom is -0.478 e. The number of piperazine rings is 1. The van der Waals surface area contributed by atoms with Gasteiger partial charge in [-0.25, -0.2) is 4.79 Å². The third-order valence-electron chi connectivity index (χ3n) is 3.02. The number of anilines is 1. The van der Waals surface area contributed by atoms with Crippen LogP contribution in [0.1, 0.15) is 15.9 Å². The van der Waals surface area contributed by atoms with Gasteiger partial charge in [0.15, 0.2) is 0 Å². The van der Waals surface area contributed by atoms with Crippen molar-refractivity contribution in [3.63, 3.8) is 0 Å². The normalized spacial score (nSPS) is 16.5. The van der Waals surface area contributed by atoms with Crippen LogP contribution in [0.2, 0.25) is 0 Å². The first kappa shape index (κ1) is 13.7. The summed E-state index contributed by atoms with van der Waals surface area (Å²) in [5.41, 5.74) is -1.42. The van der Waals surface area contributed by atoms with Crippen LogP contribution in [0.5, 0.6) is 0 Å². The summed E-state index contributed by atoms with van der Waals surface area (Å²) in [6.07, 6.45) is -4.67. The lowest BCUT2D eigenvalue weighted by atomic mass is 10.1. The lowest BCUT2D eigenvalue weighted by molar-refractivity contribution is -0.138. The molecule has 7 heteroatoms. The van der Waals surface area contributed by atoms with Crippen LogP contribution in [-0.4, -0.2) is 37.3 Å². The van der Waals surface area contributed by atoms with Crippen LogP contribution < -0.4 is 10.2 Å². The quantitative estimate of drug-likeness (QED) is 0.863. The van der Waals surface area contributed by atoms with Crippen molar-refractivity contribution >= 4 is 11.7 Å². The highest BCUT2D eigenvalue weighted by atomic mass is 19.4. The molecule has 1 heterocycles. The van der Waals surface area contributed by atoms with Crippen molar-refractivity contribution in [2.24, 2.45) is 0 Å². The summed E-state index contributed by atoms with van der Waals surface area (Å²) >= 11 is 0. The number of hydrogen-bond donors (Lipinski definition) is 2. The molecule has 0 aliphatic carbocycles. The SMILES string of the molecule is O=C(O)c1ccc(N2CCNCC2)cc1C(F)(F)F. The number of rotatable bonds is 2. The van der Waals surface area contributed by atoms with Gasteiger partial charge in [-0.15, -0.1) is 0 Å². The number of nitrogens with one attached hydrogen (secondary N) is 1. The molecular weight excluding hydrogens is 261 g/mol. The van der Waals surface area contributed by atoms with Gasteiger partial charge >= 0.3 is 12.1 Å². The van der Waals surface area contributed by atoms with E-state index in [0.717, 1.165) is 12.1 Å². The smallest absolute Gasteiger partial charge is 0.417 e. The largest absolute Gasteiger partial charge is 0.478 e. The number of hydrogen-bond acceptors (Lipinski definition) is 3. The Kier molecular flexibility index (Phi) is 3.66. The summed E-state index contributed by atoms with van der Waals surface area (Å²) in [6.45, 7) is 2.59. The molecule has 104 valence electrons. The average molecular weight is 274 g/mol. The van der Waals surface area contributed by atoms with Gasteiger partial charge in [-0.1, -0.05) is 0 Å².